The van der Waals surface area contributed by atoms with Crippen molar-refractivity contribution in [2.45, 2.75) is 71.1 Å². The highest BCUT2D eigenvalue weighted by Crippen LogP contribution is 2.25. The zero-order valence-corrected chi connectivity index (χ0v) is 12.7. The van der Waals surface area contributed by atoms with Crippen LogP contribution in [0.1, 0.15) is 65.2 Å². The third-order valence-corrected chi connectivity index (χ3v) is 3.67. The van der Waals surface area contributed by atoms with Gasteiger partial charge in [0.25, 0.3) is 0 Å². The molecule has 0 aliphatic carbocycles. The molecule has 0 amide bonds. The van der Waals surface area contributed by atoms with Crippen LogP contribution in [0.2, 0.25) is 0 Å². The third kappa shape index (κ3) is 3.57. The minimum atomic E-state index is 0.00511. The molecule has 2 heterocycles. The lowest BCUT2D eigenvalue weighted by Crippen LogP contribution is -2.38. The van der Waals surface area contributed by atoms with Gasteiger partial charge in [0.1, 0.15) is 5.76 Å². The van der Waals surface area contributed by atoms with Gasteiger partial charge in [0.05, 0.1) is 18.3 Å². The van der Waals surface area contributed by atoms with E-state index in [2.05, 4.69) is 44.9 Å². The molecule has 19 heavy (non-hydrogen) atoms. The fraction of sp³-hybridized carbons (Fsp3) is 0.800. The van der Waals surface area contributed by atoms with Gasteiger partial charge in [0, 0.05) is 18.1 Å². The average Bonchev–Trinajstić information content (AvgIpc) is 3.00. The van der Waals surface area contributed by atoms with E-state index in [0.29, 0.717) is 12.1 Å². The molecule has 1 N–H and O–H groups in total. The zero-order valence-electron chi connectivity index (χ0n) is 12.7. The Hall–Kier alpha value is -0.870. The van der Waals surface area contributed by atoms with Crippen LogP contribution in [-0.2, 0) is 10.2 Å². The fourth-order valence-corrected chi connectivity index (χ4v) is 2.40. The maximum absolute atomic E-state index is 5.86. The second kappa shape index (κ2) is 5.63. The molecule has 0 radical (unpaired) electrons. The van der Waals surface area contributed by atoms with E-state index in [1.807, 2.05) is 6.20 Å². The predicted octanol–water partition coefficient (Wildman–Crippen LogP) is 3.19. The largest absolute Gasteiger partial charge is 0.443 e. The Morgan fingerprint density at radius 3 is 2.63 bits per heavy atom. The molecule has 0 aromatic carbocycles. The van der Waals surface area contributed by atoms with Crippen molar-refractivity contribution in [3.8, 4) is 0 Å². The summed E-state index contributed by atoms with van der Waals surface area (Å²) in [7, 11) is 0. The Balaban J connectivity index is 1.95. The maximum Gasteiger partial charge on any atom is 0.211 e. The van der Waals surface area contributed by atoms with Crippen molar-refractivity contribution < 1.29 is 9.15 Å². The van der Waals surface area contributed by atoms with Gasteiger partial charge in [-0.3, -0.25) is 0 Å². The van der Waals surface area contributed by atoms with E-state index in [0.717, 1.165) is 31.1 Å². The second-order valence-electron chi connectivity index (χ2n) is 6.54. The minimum Gasteiger partial charge on any atom is -0.443 e. The first-order chi connectivity index (χ1) is 8.88. The van der Waals surface area contributed by atoms with Crippen LogP contribution in [0, 0.1) is 0 Å². The summed E-state index contributed by atoms with van der Waals surface area (Å²) in [5.41, 5.74) is 0.00511. The van der Waals surface area contributed by atoms with E-state index in [9.17, 15) is 0 Å². The molecule has 4 heteroatoms. The second-order valence-corrected chi connectivity index (χ2v) is 6.54. The average molecular weight is 266 g/mol. The normalized spacial score (nSPS) is 23.5. The first kappa shape index (κ1) is 14.5. The van der Waals surface area contributed by atoms with Crippen molar-refractivity contribution in [2.75, 3.05) is 6.61 Å². The number of nitrogens with zero attached hydrogens (tertiary/aromatic N) is 1. The quantitative estimate of drug-likeness (QED) is 0.909. The van der Waals surface area contributed by atoms with Gasteiger partial charge >= 0.3 is 0 Å². The molecule has 1 saturated heterocycles. The summed E-state index contributed by atoms with van der Waals surface area (Å²) >= 11 is 0. The molecule has 0 spiro atoms. The fourth-order valence-electron chi connectivity index (χ4n) is 2.40. The molecule has 0 unspecified atom stereocenters. The Labute approximate surface area is 115 Å². The highest BCUT2D eigenvalue weighted by molar-refractivity contribution is 5.07. The summed E-state index contributed by atoms with van der Waals surface area (Å²) in [4.78, 5) is 4.39. The third-order valence-electron chi connectivity index (χ3n) is 3.67. The number of rotatable bonds is 4. The topological polar surface area (TPSA) is 47.3 Å². The van der Waals surface area contributed by atoms with Crippen molar-refractivity contribution in [3.63, 3.8) is 0 Å². The van der Waals surface area contributed by atoms with E-state index in [-0.39, 0.29) is 11.5 Å². The molecule has 2 rings (SSSR count). The standard InChI is InChI=1S/C15H26N2O2/c1-10(12-7-6-8-18-12)17-11(2)14-16-9-13(19-14)15(3,4)5/h9-12,17H,6-8H2,1-5H3/t10-,11+,12-/m1/s1. The van der Waals surface area contributed by atoms with Crippen molar-refractivity contribution in [1.82, 2.24) is 10.3 Å². The summed E-state index contributed by atoms with van der Waals surface area (Å²) in [6.07, 6.45) is 4.46. The lowest BCUT2D eigenvalue weighted by atomic mass is 9.94. The molecule has 0 saturated carbocycles. The summed E-state index contributed by atoms with van der Waals surface area (Å²) < 4.78 is 11.6. The molecule has 1 aliphatic heterocycles. The van der Waals surface area contributed by atoms with Crippen LogP contribution in [0.5, 0.6) is 0 Å². The van der Waals surface area contributed by atoms with Gasteiger partial charge in [-0.2, -0.15) is 0 Å². The van der Waals surface area contributed by atoms with E-state index in [1.54, 1.807) is 0 Å². The van der Waals surface area contributed by atoms with Gasteiger partial charge in [-0.15, -0.1) is 0 Å². The number of aromatic nitrogens is 1. The molecule has 1 aromatic rings. The van der Waals surface area contributed by atoms with Crippen LogP contribution in [-0.4, -0.2) is 23.7 Å². The Morgan fingerprint density at radius 2 is 2.11 bits per heavy atom. The number of hydrogen-bond donors (Lipinski definition) is 1. The monoisotopic (exact) mass is 266 g/mol. The Bertz CT molecular complexity index is 403. The van der Waals surface area contributed by atoms with Crippen LogP contribution in [0.4, 0.5) is 0 Å². The predicted molar refractivity (Wildman–Crippen MR) is 75.2 cm³/mol. The van der Waals surface area contributed by atoms with Crippen LogP contribution >= 0.6 is 0 Å². The zero-order chi connectivity index (χ0) is 14.0. The van der Waals surface area contributed by atoms with E-state index < -0.39 is 0 Å². The molecule has 3 atom stereocenters. The first-order valence-electron chi connectivity index (χ1n) is 7.22. The summed E-state index contributed by atoms with van der Waals surface area (Å²) in [6.45, 7) is 11.5. The van der Waals surface area contributed by atoms with Crippen LogP contribution < -0.4 is 5.32 Å². The number of hydrogen-bond acceptors (Lipinski definition) is 4. The lowest BCUT2D eigenvalue weighted by Gasteiger charge is -2.23. The van der Waals surface area contributed by atoms with Crippen molar-refractivity contribution >= 4 is 0 Å². The van der Waals surface area contributed by atoms with Gasteiger partial charge in [-0.25, -0.2) is 4.98 Å². The highest BCUT2D eigenvalue weighted by atomic mass is 16.5. The van der Waals surface area contributed by atoms with Crippen LogP contribution in [0.15, 0.2) is 10.6 Å². The minimum absolute atomic E-state index is 0.00511. The molecule has 1 fully saturated rings. The summed E-state index contributed by atoms with van der Waals surface area (Å²) in [5, 5.41) is 3.52. The van der Waals surface area contributed by atoms with E-state index in [1.165, 1.54) is 0 Å². The molecule has 108 valence electrons. The molecular weight excluding hydrogens is 240 g/mol. The summed E-state index contributed by atoms with van der Waals surface area (Å²) in [6, 6.07) is 0.429. The SMILES string of the molecule is C[C@H](N[C@H](C)[C@H]1CCCO1)c1ncc(C(C)(C)C)o1. The Morgan fingerprint density at radius 1 is 1.37 bits per heavy atom. The molecule has 4 nitrogen and oxygen atoms in total. The molecule has 0 bridgehead atoms. The summed E-state index contributed by atoms with van der Waals surface area (Å²) in [5.74, 6) is 1.69. The van der Waals surface area contributed by atoms with Gasteiger partial charge in [0.15, 0.2) is 0 Å². The molecule has 1 aromatic heterocycles. The van der Waals surface area contributed by atoms with Crippen LogP contribution in [0.3, 0.4) is 0 Å². The van der Waals surface area contributed by atoms with E-state index >= 15 is 0 Å². The lowest BCUT2D eigenvalue weighted by molar-refractivity contribution is 0.0790. The molecule has 1 aliphatic rings. The van der Waals surface area contributed by atoms with Gasteiger partial charge in [-0.1, -0.05) is 20.8 Å². The van der Waals surface area contributed by atoms with Crippen molar-refractivity contribution in [1.29, 1.82) is 0 Å². The molecular formula is C15H26N2O2. The van der Waals surface area contributed by atoms with Gasteiger partial charge < -0.3 is 14.5 Å². The number of ether oxygens (including phenoxy) is 1. The van der Waals surface area contributed by atoms with Crippen molar-refractivity contribution in [3.05, 3.63) is 17.8 Å². The highest BCUT2D eigenvalue weighted by Gasteiger charge is 2.26. The smallest absolute Gasteiger partial charge is 0.211 e. The number of nitrogens with one attached hydrogen (secondary N) is 1. The number of oxazole rings is 1. The Kier molecular flexibility index (Phi) is 4.31. The maximum atomic E-state index is 5.86. The van der Waals surface area contributed by atoms with Gasteiger partial charge in [-0.05, 0) is 26.7 Å². The van der Waals surface area contributed by atoms with Gasteiger partial charge in [0.2, 0.25) is 5.89 Å². The van der Waals surface area contributed by atoms with Crippen molar-refractivity contribution in [2.24, 2.45) is 0 Å². The van der Waals surface area contributed by atoms with Crippen LogP contribution in [0.25, 0.3) is 0 Å². The first-order valence-corrected chi connectivity index (χ1v) is 7.22. The van der Waals surface area contributed by atoms with E-state index in [4.69, 9.17) is 9.15 Å².